The van der Waals surface area contributed by atoms with Crippen LogP contribution in [0.25, 0.3) is 0 Å². The molecule has 0 unspecified atom stereocenters. The summed E-state index contributed by atoms with van der Waals surface area (Å²) in [6.07, 6.45) is 0.565. The molecular formula is C6H15NOSi. The third-order valence-electron chi connectivity index (χ3n) is 1.12. The average Bonchev–Trinajstić information content (AvgIpc) is 1.59. The van der Waals surface area contributed by atoms with E-state index in [1.54, 1.807) is 0 Å². The van der Waals surface area contributed by atoms with Crippen LogP contribution in [0.3, 0.4) is 0 Å². The topological polar surface area (TPSA) is 43.1 Å². The van der Waals surface area contributed by atoms with Crippen LogP contribution in [0.4, 0.5) is 0 Å². The van der Waals surface area contributed by atoms with Crippen molar-refractivity contribution in [1.29, 1.82) is 0 Å². The minimum atomic E-state index is -1.02. The summed E-state index contributed by atoms with van der Waals surface area (Å²) in [5.74, 6) is -0.169. The molecule has 0 aromatic heterocycles. The van der Waals surface area contributed by atoms with E-state index in [-0.39, 0.29) is 5.91 Å². The Morgan fingerprint density at radius 2 is 1.89 bits per heavy atom. The molecule has 9 heavy (non-hydrogen) atoms. The molecule has 0 atom stereocenters. The Kier molecular flexibility index (Phi) is 2.90. The third kappa shape index (κ3) is 7.69. The number of amides is 1. The fourth-order valence-electron chi connectivity index (χ4n) is 0.498. The van der Waals surface area contributed by atoms with Crippen LogP contribution >= 0.6 is 0 Å². The van der Waals surface area contributed by atoms with Gasteiger partial charge in [0.05, 0.1) is 0 Å². The van der Waals surface area contributed by atoms with E-state index in [4.69, 9.17) is 5.73 Å². The van der Waals surface area contributed by atoms with Crippen molar-refractivity contribution in [3.63, 3.8) is 0 Å². The van der Waals surface area contributed by atoms with Crippen molar-refractivity contribution in [2.45, 2.75) is 32.1 Å². The van der Waals surface area contributed by atoms with Gasteiger partial charge in [-0.3, -0.25) is 4.79 Å². The van der Waals surface area contributed by atoms with E-state index < -0.39 is 8.07 Å². The fourth-order valence-corrected chi connectivity index (χ4v) is 1.49. The first-order valence-electron chi connectivity index (χ1n) is 3.20. The predicted octanol–water partition coefficient (Wildman–Crippen LogP) is 1.20. The highest BCUT2D eigenvalue weighted by Gasteiger charge is 2.12. The molecule has 3 heteroatoms. The smallest absolute Gasteiger partial charge is 0.217 e. The Bertz CT molecular complexity index is 106. The second kappa shape index (κ2) is 3.01. The van der Waals surface area contributed by atoms with Crippen molar-refractivity contribution in [3.05, 3.63) is 0 Å². The quantitative estimate of drug-likeness (QED) is 0.596. The Balaban J connectivity index is 3.39. The molecule has 0 saturated heterocycles. The zero-order valence-corrected chi connectivity index (χ0v) is 7.40. The monoisotopic (exact) mass is 145 g/mol. The van der Waals surface area contributed by atoms with Gasteiger partial charge in [-0.05, 0) is 6.04 Å². The van der Waals surface area contributed by atoms with E-state index in [0.717, 1.165) is 6.04 Å². The SMILES string of the molecule is C[Si](C)(C)CCC(N)=O. The minimum Gasteiger partial charge on any atom is -0.370 e. The molecule has 54 valence electrons. The minimum absolute atomic E-state index is 0.169. The largest absolute Gasteiger partial charge is 0.370 e. The van der Waals surface area contributed by atoms with Gasteiger partial charge < -0.3 is 5.73 Å². The van der Waals surface area contributed by atoms with E-state index >= 15 is 0 Å². The second-order valence-corrected chi connectivity index (χ2v) is 9.15. The van der Waals surface area contributed by atoms with Crippen molar-refractivity contribution >= 4 is 14.0 Å². The molecule has 0 aromatic carbocycles. The van der Waals surface area contributed by atoms with Crippen LogP contribution in [-0.4, -0.2) is 14.0 Å². The number of hydrogen-bond donors (Lipinski definition) is 1. The summed E-state index contributed by atoms with van der Waals surface area (Å²) in [7, 11) is -1.02. The van der Waals surface area contributed by atoms with Gasteiger partial charge in [-0.25, -0.2) is 0 Å². The van der Waals surface area contributed by atoms with Crippen molar-refractivity contribution in [3.8, 4) is 0 Å². The highest BCUT2D eigenvalue weighted by Crippen LogP contribution is 2.09. The number of nitrogens with two attached hydrogens (primary N) is 1. The highest BCUT2D eigenvalue weighted by atomic mass is 28.3. The molecule has 0 radical (unpaired) electrons. The van der Waals surface area contributed by atoms with Crippen LogP contribution in [-0.2, 0) is 4.79 Å². The molecule has 0 bridgehead atoms. The van der Waals surface area contributed by atoms with Gasteiger partial charge in [0.1, 0.15) is 0 Å². The Labute approximate surface area is 57.4 Å². The van der Waals surface area contributed by atoms with Gasteiger partial charge in [0.15, 0.2) is 0 Å². The van der Waals surface area contributed by atoms with Crippen LogP contribution in [0.5, 0.6) is 0 Å². The maximum absolute atomic E-state index is 10.3. The molecule has 0 fully saturated rings. The summed E-state index contributed by atoms with van der Waals surface area (Å²) in [5, 5.41) is 0. The first-order valence-corrected chi connectivity index (χ1v) is 6.91. The highest BCUT2D eigenvalue weighted by molar-refractivity contribution is 6.76. The van der Waals surface area contributed by atoms with Crippen LogP contribution in [0.2, 0.25) is 25.7 Å². The Morgan fingerprint density at radius 1 is 1.44 bits per heavy atom. The van der Waals surface area contributed by atoms with E-state index in [1.165, 1.54) is 0 Å². The normalized spacial score (nSPS) is 11.4. The lowest BCUT2D eigenvalue weighted by atomic mass is 10.5. The molecule has 1 amide bonds. The maximum Gasteiger partial charge on any atom is 0.217 e. The third-order valence-corrected chi connectivity index (χ3v) is 2.87. The lowest BCUT2D eigenvalue weighted by Crippen LogP contribution is -2.22. The number of rotatable bonds is 3. The average molecular weight is 145 g/mol. The van der Waals surface area contributed by atoms with Crippen molar-refractivity contribution in [1.82, 2.24) is 0 Å². The lowest BCUT2D eigenvalue weighted by Gasteiger charge is -2.12. The van der Waals surface area contributed by atoms with Crippen LogP contribution in [0.15, 0.2) is 0 Å². The summed E-state index contributed by atoms with van der Waals surface area (Å²) < 4.78 is 0. The molecule has 2 nitrogen and oxygen atoms in total. The molecule has 0 saturated carbocycles. The van der Waals surface area contributed by atoms with Crippen molar-refractivity contribution in [2.24, 2.45) is 5.73 Å². The Morgan fingerprint density at radius 3 is 2.00 bits per heavy atom. The molecule has 0 aliphatic heterocycles. The summed E-state index contributed by atoms with van der Waals surface area (Å²) in [4.78, 5) is 10.3. The first kappa shape index (κ1) is 8.69. The lowest BCUT2D eigenvalue weighted by molar-refractivity contribution is -0.117. The van der Waals surface area contributed by atoms with Gasteiger partial charge >= 0.3 is 0 Å². The van der Waals surface area contributed by atoms with E-state index in [1.807, 2.05) is 0 Å². The summed E-state index contributed by atoms with van der Waals surface area (Å²) >= 11 is 0. The number of hydrogen-bond acceptors (Lipinski definition) is 1. The molecule has 0 rings (SSSR count). The number of primary amides is 1. The summed E-state index contributed by atoms with van der Waals surface area (Å²) in [6, 6.07) is 1.02. The molecule has 0 aromatic rings. The zero-order valence-electron chi connectivity index (χ0n) is 6.40. The van der Waals surface area contributed by atoms with Crippen LogP contribution < -0.4 is 5.73 Å². The van der Waals surface area contributed by atoms with E-state index in [0.29, 0.717) is 6.42 Å². The molecule has 0 aliphatic carbocycles. The van der Waals surface area contributed by atoms with Gasteiger partial charge in [-0.15, -0.1) is 0 Å². The summed E-state index contributed by atoms with van der Waals surface area (Å²) in [6.45, 7) is 6.70. The maximum atomic E-state index is 10.3. The van der Waals surface area contributed by atoms with Crippen molar-refractivity contribution < 1.29 is 4.79 Å². The molecule has 2 N–H and O–H groups in total. The van der Waals surface area contributed by atoms with Gasteiger partial charge in [0.25, 0.3) is 0 Å². The van der Waals surface area contributed by atoms with Crippen LogP contribution in [0, 0.1) is 0 Å². The number of carbonyl (C=O) groups is 1. The first-order chi connectivity index (χ1) is 3.92. The standard InChI is InChI=1S/C6H15NOSi/c1-9(2,3)5-4-6(7)8/h4-5H2,1-3H3,(H2,7,8). The molecule has 0 heterocycles. The van der Waals surface area contributed by atoms with Gasteiger partial charge in [-0.1, -0.05) is 19.6 Å². The molecular weight excluding hydrogens is 130 g/mol. The van der Waals surface area contributed by atoms with Gasteiger partial charge in [0.2, 0.25) is 5.91 Å². The Hall–Kier alpha value is -0.313. The van der Waals surface area contributed by atoms with Crippen molar-refractivity contribution in [2.75, 3.05) is 0 Å². The molecule has 0 spiro atoms. The number of carbonyl (C=O) groups excluding carboxylic acids is 1. The van der Waals surface area contributed by atoms with E-state index in [9.17, 15) is 4.79 Å². The zero-order chi connectivity index (χ0) is 7.49. The van der Waals surface area contributed by atoms with E-state index in [2.05, 4.69) is 19.6 Å². The van der Waals surface area contributed by atoms with Crippen LogP contribution in [0.1, 0.15) is 6.42 Å². The van der Waals surface area contributed by atoms with Gasteiger partial charge in [-0.2, -0.15) is 0 Å². The predicted molar refractivity (Wildman–Crippen MR) is 42.0 cm³/mol. The second-order valence-electron chi connectivity index (χ2n) is 3.53. The fraction of sp³-hybridized carbons (Fsp3) is 0.833. The van der Waals surface area contributed by atoms with Gasteiger partial charge in [0, 0.05) is 14.5 Å². The summed E-state index contributed by atoms with van der Waals surface area (Å²) in [5.41, 5.74) is 4.98. The molecule has 0 aliphatic rings.